The van der Waals surface area contributed by atoms with Crippen LogP contribution in [0.4, 0.5) is 13.2 Å². The van der Waals surface area contributed by atoms with Crippen molar-refractivity contribution in [2.45, 2.75) is 19.2 Å². The maximum absolute atomic E-state index is 12.5. The van der Waals surface area contributed by atoms with Crippen LogP contribution in [-0.4, -0.2) is 37.5 Å². The summed E-state index contributed by atoms with van der Waals surface area (Å²) in [4.78, 5) is 12.5. The molecule has 0 aromatic heterocycles. The molecule has 1 saturated heterocycles. The van der Waals surface area contributed by atoms with Crippen molar-refractivity contribution in [2.24, 2.45) is 0 Å². The van der Waals surface area contributed by atoms with Gasteiger partial charge in [0.25, 0.3) is 5.91 Å². The van der Waals surface area contributed by atoms with E-state index in [1.165, 1.54) is 31.4 Å². The summed E-state index contributed by atoms with van der Waals surface area (Å²) in [5, 5.41) is 1.90. The van der Waals surface area contributed by atoms with E-state index in [1.807, 2.05) is 5.01 Å². The summed E-state index contributed by atoms with van der Waals surface area (Å²) < 4.78 is 45.9. The van der Waals surface area contributed by atoms with Crippen molar-refractivity contribution in [1.29, 1.82) is 0 Å². The number of amides is 1. The number of benzene rings is 2. The number of hydrogen-bond acceptors (Lipinski definition) is 4. The molecule has 0 spiro atoms. The Morgan fingerprint density at radius 1 is 1.07 bits per heavy atom. The first-order valence-electron chi connectivity index (χ1n) is 9.12. The molecule has 1 fully saturated rings. The van der Waals surface area contributed by atoms with Crippen LogP contribution in [-0.2, 0) is 0 Å². The monoisotopic (exact) mass is 406 g/mol. The maximum atomic E-state index is 12.5. The summed E-state index contributed by atoms with van der Waals surface area (Å²) in [6.45, 7) is 1.67. The van der Waals surface area contributed by atoms with Gasteiger partial charge in [-0.25, -0.2) is 5.01 Å². The third kappa shape index (κ3) is 5.99. The van der Waals surface area contributed by atoms with Crippen LogP contribution in [0.2, 0.25) is 0 Å². The minimum absolute atomic E-state index is 0.196. The lowest BCUT2D eigenvalue weighted by Gasteiger charge is -2.16. The van der Waals surface area contributed by atoms with E-state index in [9.17, 15) is 18.0 Å². The molecule has 3 rings (SSSR count). The highest BCUT2D eigenvalue weighted by molar-refractivity contribution is 5.95. The zero-order valence-corrected chi connectivity index (χ0v) is 15.8. The lowest BCUT2D eigenvalue weighted by Crippen LogP contribution is -2.39. The number of halogens is 3. The number of hydrazine groups is 1. The number of alkyl halides is 3. The fraction of sp³-hybridized carbons (Fsp3) is 0.286. The topological polar surface area (TPSA) is 50.8 Å². The van der Waals surface area contributed by atoms with Gasteiger partial charge >= 0.3 is 6.36 Å². The molecule has 0 unspecified atom stereocenters. The third-order valence-electron chi connectivity index (χ3n) is 4.43. The molecule has 0 bridgehead atoms. The van der Waals surface area contributed by atoms with E-state index in [0.717, 1.165) is 25.9 Å². The van der Waals surface area contributed by atoms with Gasteiger partial charge in [0.05, 0.1) is 7.11 Å². The number of ether oxygens (including phenoxy) is 2. The lowest BCUT2D eigenvalue weighted by molar-refractivity contribution is -0.274. The number of nitrogens with zero attached hydrogens (tertiary/aromatic N) is 1. The number of methoxy groups -OCH3 is 1. The van der Waals surface area contributed by atoms with Gasteiger partial charge in [0.1, 0.15) is 11.5 Å². The molecule has 1 N–H and O–H groups in total. The Balaban J connectivity index is 1.73. The van der Waals surface area contributed by atoms with Crippen molar-refractivity contribution in [2.75, 3.05) is 20.2 Å². The highest BCUT2D eigenvalue weighted by Crippen LogP contribution is 2.25. The first-order chi connectivity index (χ1) is 13.8. The largest absolute Gasteiger partial charge is 0.573 e. The molecule has 2 aromatic carbocycles. The second-order valence-electron chi connectivity index (χ2n) is 6.54. The van der Waals surface area contributed by atoms with E-state index in [1.54, 1.807) is 30.4 Å². The van der Waals surface area contributed by atoms with Gasteiger partial charge < -0.3 is 9.47 Å². The Morgan fingerprint density at radius 2 is 1.76 bits per heavy atom. The van der Waals surface area contributed by atoms with Crippen LogP contribution in [0.15, 0.2) is 42.5 Å². The van der Waals surface area contributed by atoms with Crippen molar-refractivity contribution in [1.82, 2.24) is 10.4 Å². The predicted molar refractivity (Wildman–Crippen MR) is 103 cm³/mol. The summed E-state index contributed by atoms with van der Waals surface area (Å²) in [7, 11) is 1.53. The predicted octanol–water partition coefficient (Wildman–Crippen LogP) is 4.50. The standard InChI is InChI=1S/C21H21F3N2O3/c1-28-19-11-8-17(20(27)25-26-12-2-3-13-26)14-16(19)7-4-15-5-9-18(10-6-15)29-21(22,23)24/h4-11,14H,2-3,12-13H2,1H3,(H,25,27). The van der Waals surface area contributed by atoms with Crippen LogP contribution >= 0.6 is 0 Å². The summed E-state index contributed by atoms with van der Waals surface area (Å²) >= 11 is 0. The van der Waals surface area contributed by atoms with Crippen molar-refractivity contribution in [3.05, 3.63) is 59.2 Å². The Hall–Kier alpha value is -3.00. The number of hydrogen-bond donors (Lipinski definition) is 1. The molecule has 1 aliphatic rings. The number of nitrogens with one attached hydrogen (secondary N) is 1. The second kappa shape index (κ2) is 9.00. The number of carbonyl (C=O) groups is 1. The molecule has 1 heterocycles. The number of carbonyl (C=O) groups excluding carboxylic acids is 1. The molecule has 154 valence electrons. The maximum Gasteiger partial charge on any atom is 0.573 e. The minimum atomic E-state index is -4.72. The first kappa shape index (κ1) is 20.7. The quantitative estimate of drug-likeness (QED) is 0.718. The van der Waals surface area contributed by atoms with Gasteiger partial charge in [-0.2, -0.15) is 0 Å². The second-order valence-corrected chi connectivity index (χ2v) is 6.54. The van der Waals surface area contributed by atoms with Gasteiger partial charge in [0, 0.05) is 24.2 Å². The molecule has 29 heavy (non-hydrogen) atoms. The molecule has 1 aliphatic heterocycles. The Morgan fingerprint density at radius 3 is 2.38 bits per heavy atom. The zero-order valence-electron chi connectivity index (χ0n) is 15.8. The molecule has 0 atom stereocenters. The van der Waals surface area contributed by atoms with Gasteiger partial charge in [0.15, 0.2) is 0 Å². The van der Waals surface area contributed by atoms with Crippen LogP contribution < -0.4 is 14.9 Å². The number of rotatable bonds is 6. The van der Waals surface area contributed by atoms with E-state index in [-0.39, 0.29) is 11.7 Å². The van der Waals surface area contributed by atoms with E-state index in [0.29, 0.717) is 22.4 Å². The van der Waals surface area contributed by atoms with Gasteiger partial charge in [-0.1, -0.05) is 24.3 Å². The van der Waals surface area contributed by atoms with Crippen molar-refractivity contribution >= 4 is 18.1 Å². The smallest absolute Gasteiger partial charge is 0.496 e. The Bertz CT molecular complexity index is 874. The molecule has 8 heteroatoms. The van der Waals surface area contributed by atoms with Crippen LogP contribution in [0.3, 0.4) is 0 Å². The van der Waals surface area contributed by atoms with Crippen LogP contribution in [0.25, 0.3) is 12.2 Å². The molecule has 0 saturated carbocycles. The first-order valence-corrected chi connectivity index (χ1v) is 9.12. The molecular formula is C21H21F3N2O3. The van der Waals surface area contributed by atoms with E-state index in [4.69, 9.17) is 4.74 Å². The van der Waals surface area contributed by atoms with E-state index in [2.05, 4.69) is 10.2 Å². The summed E-state index contributed by atoms with van der Waals surface area (Å²) in [6, 6.07) is 10.6. The summed E-state index contributed by atoms with van der Waals surface area (Å²) in [6.07, 6.45) is 0.858. The van der Waals surface area contributed by atoms with Gasteiger partial charge in [-0.3, -0.25) is 10.2 Å². The highest BCUT2D eigenvalue weighted by atomic mass is 19.4. The van der Waals surface area contributed by atoms with Crippen LogP contribution in [0.5, 0.6) is 11.5 Å². The summed E-state index contributed by atoms with van der Waals surface area (Å²) in [5.41, 5.74) is 4.73. The van der Waals surface area contributed by atoms with Crippen molar-refractivity contribution in [3.8, 4) is 11.5 Å². The lowest BCUT2D eigenvalue weighted by atomic mass is 10.1. The van der Waals surface area contributed by atoms with Crippen LogP contribution in [0, 0.1) is 0 Å². The Kier molecular flexibility index (Phi) is 6.43. The molecule has 0 aliphatic carbocycles. The van der Waals surface area contributed by atoms with E-state index < -0.39 is 6.36 Å². The molecule has 0 radical (unpaired) electrons. The molecule has 5 nitrogen and oxygen atoms in total. The summed E-state index contributed by atoms with van der Waals surface area (Å²) in [5.74, 6) is 0.0988. The van der Waals surface area contributed by atoms with Gasteiger partial charge in [-0.15, -0.1) is 13.2 Å². The molecule has 2 aromatic rings. The fourth-order valence-electron chi connectivity index (χ4n) is 3.01. The van der Waals surface area contributed by atoms with E-state index >= 15 is 0 Å². The van der Waals surface area contributed by atoms with Gasteiger partial charge in [-0.05, 0) is 48.7 Å². The average molecular weight is 406 g/mol. The molecule has 1 amide bonds. The van der Waals surface area contributed by atoms with Crippen molar-refractivity contribution in [3.63, 3.8) is 0 Å². The normalized spacial score (nSPS) is 14.9. The van der Waals surface area contributed by atoms with Crippen LogP contribution in [0.1, 0.15) is 34.3 Å². The molecular weight excluding hydrogens is 385 g/mol. The fourth-order valence-corrected chi connectivity index (χ4v) is 3.01. The zero-order chi connectivity index (χ0) is 20.9. The third-order valence-corrected chi connectivity index (χ3v) is 4.43. The Labute approximate surface area is 166 Å². The van der Waals surface area contributed by atoms with Gasteiger partial charge in [0.2, 0.25) is 0 Å². The van der Waals surface area contributed by atoms with Crippen molar-refractivity contribution < 1.29 is 27.4 Å². The minimum Gasteiger partial charge on any atom is -0.496 e. The SMILES string of the molecule is COc1ccc(C(=O)NN2CCCC2)cc1C=Cc1ccc(OC(F)(F)F)cc1. The average Bonchev–Trinajstić information content (AvgIpc) is 3.19. The highest BCUT2D eigenvalue weighted by Gasteiger charge is 2.30.